The fourth-order valence-corrected chi connectivity index (χ4v) is 2.01. The lowest BCUT2D eigenvalue weighted by molar-refractivity contribution is -0.132. The van der Waals surface area contributed by atoms with Gasteiger partial charge < -0.3 is 15.0 Å². The number of rotatable bonds is 6. The average molecular weight is 263 g/mol. The molecular formula is C12H23ClN2O2. The number of halogens is 1. The van der Waals surface area contributed by atoms with Crippen molar-refractivity contribution in [3.63, 3.8) is 0 Å². The molecule has 4 nitrogen and oxygen atoms in total. The normalized spacial score (nSPS) is 23.2. The first-order valence-corrected chi connectivity index (χ1v) is 6.33. The van der Waals surface area contributed by atoms with Gasteiger partial charge in [-0.1, -0.05) is 0 Å². The lowest BCUT2D eigenvalue weighted by atomic mass is 10.2. The van der Waals surface area contributed by atoms with Crippen molar-refractivity contribution in [1.82, 2.24) is 10.2 Å². The molecule has 2 rings (SSSR count). The summed E-state index contributed by atoms with van der Waals surface area (Å²) in [6, 6.07) is 0.0495. The molecule has 1 aliphatic carbocycles. The minimum absolute atomic E-state index is 0. The maximum Gasteiger partial charge on any atom is 0.239 e. The van der Waals surface area contributed by atoms with Gasteiger partial charge in [-0.25, -0.2) is 0 Å². The van der Waals surface area contributed by atoms with Crippen molar-refractivity contribution in [3.05, 3.63) is 0 Å². The number of nitrogens with zero attached hydrogens (tertiary/aromatic N) is 1. The van der Waals surface area contributed by atoms with E-state index in [-0.39, 0.29) is 24.4 Å². The second-order valence-electron chi connectivity index (χ2n) is 4.93. The van der Waals surface area contributed by atoms with Gasteiger partial charge in [0.25, 0.3) is 0 Å². The van der Waals surface area contributed by atoms with Gasteiger partial charge in [0.05, 0.1) is 12.6 Å². The Morgan fingerprint density at radius 1 is 1.41 bits per heavy atom. The fourth-order valence-electron chi connectivity index (χ4n) is 2.01. The number of hydrogen-bond acceptors (Lipinski definition) is 3. The summed E-state index contributed by atoms with van der Waals surface area (Å²) in [6.45, 7) is 3.24. The Hall–Kier alpha value is -0.320. The van der Waals surface area contributed by atoms with Crippen molar-refractivity contribution < 1.29 is 9.53 Å². The summed E-state index contributed by atoms with van der Waals surface area (Å²) in [5.41, 5.74) is 0. The highest BCUT2D eigenvalue weighted by Gasteiger charge is 2.25. The highest BCUT2D eigenvalue weighted by Crippen LogP contribution is 2.28. The maximum absolute atomic E-state index is 11.9. The quantitative estimate of drug-likeness (QED) is 0.728. The summed E-state index contributed by atoms with van der Waals surface area (Å²) >= 11 is 0. The summed E-state index contributed by atoms with van der Waals surface area (Å²) in [7, 11) is 1.86. The number of hydrogen-bond donors (Lipinski definition) is 1. The molecule has 0 bridgehead atoms. The minimum Gasteiger partial charge on any atom is -0.379 e. The van der Waals surface area contributed by atoms with Crippen LogP contribution in [0.2, 0.25) is 0 Å². The standard InChI is InChI=1S/C12H22N2O2.ClH/c1-14(7-8-16-9-10-4-5-10)12(15)11-3-2-6-13-11;/h10-11,13H,2-9H2,1H3;1H/t11-;/m0./s1. The van der Waals surface area contributed by atoms with Crippen molar-refractivity contribution in [2.45, 2.75) is 31.7 Å². The molecule has 1 amide bonds. The van der Waals surface area contributed by atoms with Crippen LogP contribution in [0.15, 0.2) is 0 Å². The zero-order chi connectivity index (χ0) is 11.4. The van der Waals surface area contributed by atoms with Gasteiger partial charge in [-0.2, -0.15) is 0 Å². The van der Waals surface area contributed by atoms with Crippen LogP contribution in [0.3, 0.4) is 0 Å². The largest absolute Gasteiger partial charge is 0.379 e. The maximum atomic E-state index is 11.9. The van der Waals surface area contributed by atoms with E-state index in [1.807, 2.05) is 7.05 Å². The zero-order valence-corrected chi connectivity index (χ0v) is 11.3. The van der Waals surface area contributed by atoms with Gasteiger partial charge in [-0.3, -0.25) is 4.79 Å². The molecule has 0 aromatic rings. The molecule has 1 saturated heterocycles. The van der Waals surface area contributed by atoms with Crippen LogP contribution < -0.4 is 5.32 Å². The predicted molar refractivity (Wildman–Crippen MR) is 69.5 cm³/mol. The molecule has 2 aliphatic rings. The first-order valence-electron chi connectivity index (χ1n) is 6.33. The molecule has 5 heteroatoms. The minimum atomic E-state index is 0. The van der Waals surface area contributed by atoms with E-state index in [0.29, 0.717) is 13.2 Å². The first kappa shape index (κ1) is 14.7. The van der Waals surface area contributed by atoms with E-state index >= 15 is 0 Å². The number of carbonyl (C=O) groups excluding carboxylic acids is 1. The molecule has 0 unspecified atom stereocenters. The van der Waals surface area contributed by atoms with Crippen LogP contribution in [-0.4, -0.2) is 50.2 Å². The van der Waals surface area contributed by atoms with Crippen LogP contribution in [0.4, 0.5) is 0 Å². The number of nitrogens with one attached hydrogen (secondary N) is 1. The molecule has 0 spiro atoms. The molecule has 17 heavy (non-hydrogen) atoms. The Morgan fingerprint density at radius 3 is 2.76 bits per heavy atom. The van der Waals surface area contributed by atoms with E-state index in [1.54, 1.807) is 4.90 Å². The third-order valence-corrected chi connectivity index (χ3v) is 3.36. The van der Waals surface area contributed by atoms with Crippen molar-refractivity contribution in [2.24, 2.45) is 5.92 Å². The van der Waals surface area contributed by atoms with E-state index in [2.05, 4.69) is 5.32 Å². The van der Waals surface area contributed by atoms with Gasteiger partial charge in [-0.05, 0) is 38.1 Å². The zero-order valence-electron chi connectivity index (χ0n) is 10.5. The first-order chi connectivity index (χ1) is 7.77. The molecule has 1 N–H and O–H groups in total. The molecule has 1 saturated carbocycles. The molecule has 1 heterocycles. The molecule has 1 aliphatic heterocycles. The highest BCUT2D eigenvalue weighted by atomic mass is 35.5. The summed E-state index contributed by atoms with van der Waals surface area (Å²) in [6.07, 6.45) is 4.73. The van der Waals surface area contributed by atoms with Gasteiger partial charge in [-0.15, -0.1) is 12.4 Å². The second-order valence-corrected chi connectivity index (χ2v) is 4.93. The number of carbonyl (C=O) groups is 1. The third kappa shape index (κ3) is 4.82. The Bertz CT molecular complexity index is 241. The molecule has 2 fully saturated rings. The molecule has 0 aromatic heterocycles. The van der Waals surface area contributed by atoms with Crippen molar-refractivity contribution in [2.75, 3.05) is 33.4 Å². The summed E-state index contributed by atoms with van der Waals surface area (Å²) in [4.78, 5) is 13.7. The molecule has 0 radical (unpaired) electrons. The summed E-state index contributed by atoms with van der Waals surface area (Å²) in [5.74, 6) is 1.02. The van der Waals surface area contributed by atoms with E-state index in [9.17, 15) is 4.79 Å². The third-order valence-electron chi connectivity index (χ3n) is 3.36. The van der Waals surface area contributed by atoms with Crippen LogP contribution >= 0.6 is 12.4 Å². The number of likely N-dealkylation sites (N-methyl/N-ethyl adjacent to an activating group) is 1. The Balaban J connectivity index is 0.00000144. The van der Waals surface area contributed by atoms with E-state index in [1.165, 1.54) is 12.8 Å². The Morgan fingerprint density at radius 2 is 2.18 bits per heavy atom. The lowest BCUT2D eigenvalue weighted by Gasteiger charge is -2.21. The monoisotopic (exact) mass is 262 g/mol. The average Bonchev–Trinajstić information content (AvgIpc) is 2.95. The van der Waals surface area contributed by atoms with E-state index < -0.39 is 0 Å². The fraction of sp³-hybridized carbons (Fsp3) is 0.917. The lowest BCUT2D eigenvalue weighted by Crippen LogP contribution is -2.42. The highest BCUT2D eigenvalue weighted by molar-refractivity contribution is 5.85. The van der Waals surface area contributed by atoms with Crippen LogP contribution in [0.1, 0.15) is 25.7 Å². The summed E-state index contributed by atoms with van der Waals surface area (Å²) < 4.78 is 5.53. The smallest absolute Gasteiger partial charge is 0.239 e. The number of amides is 1. The van der Waals surface area contributed by atoms with Crippen LogP contribution in [0.5, 0.6) is 0 Å². The SMILES string of the molecule is CN(CCOCC1CC1)C(=O)[C@@H]1CCCN1.Cl. The molecular weight excluding hydrogens is 240 g/mol. The Labute approximate surface area is 109 Å². The van der Waals surface area contributed by atoms with Gasteiger partial charge >= 0.3 is 0 Å². The molecule has 0 aromatic carbocycles. The topological polar surface area (TPSA) is 41.6 Å². The second kappa shape index (κ2) is 7.19. The molecule has 100 valence electrons. The van der Waals surface area contributed by atoms with Gasteiger partial charge in [0, 0.05) is 20.2 Å². The van der Waals surface area contributed by atoms with Gasteiger partial charge in [0.15, 0.2) is 0 Å². The van der Waals surface area contributed by atoms with Crippen LogP contribution in [-0.2, 0) is 9.53 Å². The van der Waals surface area contributed by atoms with Crippen molar-refractivity contribution >= 4 is 18.3 Å². The Kier molecular flexibility index (Phi) is 6.23. The summed E-state index contributed by atoms with van der Waals surface area (Å²) in [5, 5.41) is 3.22. The predicted octanol–water partition coefficient (Wildman–Crippen LogP) is 1.05. The van der Waals surface area contributed by atoms with E-state index in [0.717, 1.165) is 31.9 Å². The van der Waals surface area contributed by atoms with Crippen LogP contribution in [0, 0.1) is 5.92 Å². The van der Waals surface area contributed by atoms with Gasteiger partial charge in [0.1, 0.15) is 0 Å². The van der Waals surface area contributed by atoms with Crippen LogP contribution in [0.25, 0.3) is 0 Å². The number of ether oxygens (including phenoxy) is 1. The molecule has 1 atom stereocenters. The van der Waals surface area contributed by atoms with Crippen molar-refractivity contribution in [1.29, 1.82) is 0 Å². The van der Waals surface area contributed by atoms with Crippen molar-refractivity contribution in [3.8, 4) is 0 Å². The van der Waals surface area contributed by atoms with Gasteiger partial charge in [0.2, 0.25) is 5.91 Å². The van der Waals surface area contributed by atoms with E-state index in [4.69, 9.17) is 4.74 Å².